The first-order valence-electron chi connectivity index (χ1n) is 7.12. The van der Waals surface area contributed by atoms with Gasteiger partial charge in [0.15, 0.2) is 5.75 Å². The van der Waals surface area contributed by atoms with Gasteiger partial charge < -0.3 is 10.1 Å². The fraction of sp³-hybridized carbons (Fsp3) is 0.643. The van der Waals surface area contributed by atoms with Crippen LogP contribution in [0, 0.1) is 0 Å². The number of aromatic nitrogens is 4. The molecule has 2 rings (SSSR count). The molecule has 2 aromatic rings. The number of hydrogen-bond donors (Lipinski definition) is 1. The molecule has 0 aromatic carbocycles. The van der Waals surface area contributed by atoms with E-state index in [-0.39, 0.29) is 12.1 Å². The van der Waals surface area contributed by atoms with E-state index in [0.717, 1.165) is 22.0 Å². The van der Waals surface area contributed by atoms with Gasteiger partial charge in [-0.25, -0.2) is 0 Å². The normalized spacial score (nSPS) is 13.1. The molecular weight excluding hydrogens is 286 g/mol. The molecule has 0 saturated heterocycles. The summed E-state index contributed by atoms with van der Waals surface area (Å²) in [5.74, 6) is 1.11. The van der Waals surface area contributed by atoms with E-state index in [1.54, 1.807) is 13.3 Å². The van der Waals surface area contributed by atoms with E-state index in [9.17, 15) is 0 Å². The number of methoxy groups -OCH3 is 1. The molecule has 0 aliphatic heterocycles. The summed E-state index contributed by atoms with van der Waals surface area (Å²) in [7, 11) is 3.61. The van der Waals surface area contributed by atoms with Crippen LogP contribution in [0.1, 0.15) is 62.0 Å². The standard InChI is InChI=1S/C14H23N5OS/c1-8(2)11-14(21-18-17-11)12(15-5)13-10(20-6)7-16-19(13)9(3)4/h7-9,12,15H,1-6H3. The molecule has 116 valence electrons. The molecule has 1 unspecified atom stereocenters. The van der Waals surface area contributed by atoms with Gasteiger partial charge in [0.05, 0.1) is 29.9 Å². The van der Waals surface area contributed by atoms with Crippen LogP contribution in [-0.2, 0) is 0 Å². The summed E-state index contributed by atoms with van der Waals surface area (Å²) in [5, 5.41) is 12.1. The minimum Gasteiger partial charge on any atom is -0.493 e. The van der Waals surface area contributed by atoms with Gasteiger partial charge in [0.1, 0.15) is 5.69 Å². The Bertz CT molecular complexity index is 590. The number of hydrogen-bond acceptors (Lipinski definition) is 6. The van der Waals surface area contributed by atoms with Crippen molar-refractivity contribution in [1.82, 2.24) is 24.7 Å². The summed E-state index contributed by atoms with van der Waals surface area (Å²) in [6.07, 6.45) is 1.77. The third-order valence-corrected chi connectivity index (χ3v) is 4.22. The zero-order valence-electron chi connectivity index (χ0n) is 13.4. The first-order valence-corrected chi connectivity index (χ1v) is 7.89. The zero-order valence-corrected chi connectivity index (χ0v) is 14.2. The van der Waals surface area contributed by atoms with Crippen LogP contribution in [-0.4, -0.2) is 33.5 Å². The van der Waals surface area contributed by atoms with Crippen LogP contribution in [0.25, 0.3) is 0 Å². The van der Waals surface area contributed by atoms with Crippen molar-refractivity contribution in [3.8, 4) is 5.75 Å². The van der Waals surface area contributed by atoms with Crippen LogP contribution in [0.3, 0.4) is 0 Å². The van der Waals surface area contributed by atoms with Gasteiger partial charge in [0, 0.05) is 6.04 Å². The maximum Gasteiger partial charge on any atom is 0.161 e. The van der Waals surface area contributed by atoms with Crippen molar-refractivity contribution in [2.45, 2.75) is 45.7 Å². The Morgan fingerprint density at radius 1 is 1.29 bits per heavy atom. The lowest BCUT2D eigenvalue weighted by Gasteiger charge is -2.21. The lowest BCUT2D eigenvalue weighted by molar-refractivity contribution is 0.396. The number of ether oxygens (including phenoxy) is 1. The van der Waals surface area contributed by atoms with Gasteiger partial charge in [-0.2, -0.15) is 5.10 Å². The summed E-state index contributed by atoms with van der Waals surface area (Å²) in [6, 6.07) is 0.227. The highest BCUT2D eigenvalue weighted by atomic mass is 32.1. The van der Waals surface area contributed by atoms with E-state index in [1.165, 1.54) is 11.5 Å². The Balaban J connectivity index is 2.56. The van der Waals surface area contributed by atoms with Gasteiger partial charge >= 0.3 is 0 Å². The second-order valence-electron chi connectivity index (χ2n) is 5.54. The highest BCUT2D eigenvalue weighted by molar-refractivity contribution is 7.05. The molecule has 0 aliphatic carbocycles. The maximum atomic E-state index is 5.50. The third kappa shape index (κ3) is 2.94. The Morgan fingerprint density at radius 2 is 2.00 bits per heavy atom. The summed E-state index contributed by atoms with van der Waals surface area (Å²) < 4.78 is 11.6. The molecule has 0 fully saturated rings. The van der Waals surface area contributed by atoms with E-state index in [1.807, 2.05) is 11.7 Å². The van der Waals surface area contributed by atoms with Gasteiger partial charge in [-0.1, -0.05) is 18.3 Å². The van der Waals surface area contributed by atoms with Gasteiger partial charge in [0.2, 0.25) is 0 Å². The Labute approximate surface area is 129 Å². The molecule has 2 aromatic heterocycles. The van der Waals surface area contributed by atoms with Crippen molar-refractivity contribution in [1.29, 1.82) is 0 Å². The molecule has 0 aliphatic rings. The zero-order chi connectivity index (χ0) is 15.6. The van der Waals surface area contributed by atoms with Crippen LogP contribution in [0.5, 0.6) is 5.75 Å². The average molecular weight is 309 g/mol. The van der Waals surface area contributed by atoms with E-state index in [0.29, 0.717) is 5.92 Å². The molecule has 1 N–H and O–H groups in total. The molecule has 2 heterocycles. The third-order valence-electron chi connectivity index (χ3n) is 3.42. The predicted octanol–water partition coefficient (Wildman–Crippen LogP) is 2.76. The summed E-state index contributed by atoms with van der Waals surface area (Å²) >= 11 is 1.43. The molecule has 7 heteroatoms. The highest BCUT2D eigenvalue weighted by Crippen LogP contribution is 2.36. The monoisotopic (exact) mass is 309 g/mol. The molecule has 0 saturated carbocycles. The predicted molar refractivity (Wildman–Crippen MR) is 84.1 cm³/mol. The van der Waals surface area contributed by atoms with Gasteiger partial charge in [-0.05, 0) is 38.3 Å². The summed E-state index contributed by atoms with van der Waals surface area (Å²) in [6.45, 7) is 8.47. The van der Waals surface area contributed by atoms with Crippen molar-refractivity contribution in [3.63, 3.8) is 0 Å². The molecular formula is C14H23N5OS. The van der Waals surface area contributed by atoms with Crippen LogP contribution < -0.4 is 10.1 Å². The minimum atomic E-state index is -0.0257. The fourth-order valence-electron chi connectivity index (χ4n) is 2.40. The number of nitrogens with one attached hydrogen (secondary N) is 1. The molecule has 0 bridgehead atoms. The van der Waals surface area contributed by atoms with E-state index in [4.69, 9.17) is 4.74 Å². The van der Waals surface area contributed by atoms with Crippen LogP contribution in [0.2, 0.25) is 0 Å². The van der Waals surface area contributed by atoms with Crippen LogP contribution in [0.4, 0.5) is 0 Å². The smallest absolute Gasteiger partial charge is 0.161 e. The van der Waals surface area contributed by atoms with Gasteiger partial charge in [0.25, 0.3) is 0 Å². The Hall–Kier alpha value is -1.47. The van der Waals surface area contributed by atoms with Gasteiger partial charge in [-0.3, -0.25) is 4.68 Å². The van der Waals surface area contributed by atoms with Crippen molar-refractivity contribution in [2.24, 2.45) is 0 Å². The first-order chi connectivity index (χ1) is 10.0. The molecule has 1 atom stereocenters. The summed E-state index contributed by atoms with van der Waals surface area (Å²) in [5.41, 5.74) is 2.04. The first kappa shape index (κ1) is 15.9. The minimum absolute atomic E-state index is 0.0257. The lowest BCUT2D eigenvalue weighted by Crippen LogP contribution is -2.23. The summed E-state index contributed by atoms with van der Waals surface area (Å²) in [4.78, 5) is 1.12. The van der Waals surface area contributed by atoms with Crippen molar-refractivity contribution in [3.05, 3.63) is 22.5 Å². The SMILES string of the molecule is CNC(c1snnc1C(C)C)c1c(OC)cnn1C(C)C. The molecule has 6 nitrogen and oxygen atoms in total. The lowest BCUT2D eigenvalue weighted by atomic mass is 10.0. The Kier molecular flexibility index (Phi) is 4.95. The molecule has 21 heavy (non-hydrogen) atoms. The van der Waals surface area contributed by atoms with E-state index in [2.05, 4.69) is 47.7 Å². The van der Waals surface area contributed by atoms with E-state index < -0.39 is 0 Å². The molecule has 0 spiro atoms. The molecule has 0 radical (unpaired) electrons. The van der Waals surface area contributed by atoms with Crippen LogP contribution >= 0.6 is 11.5 Å². The van der Waals surface area contributed by atoms with Gasteiger partial charge in [-0.15, -0.1) is 5.10 Å². The second kappa shape index (κ2) is 6.53. The van der Waals surface area contributed by atoms with Crippen molar-refractivity contribution in [2.75, 3.05) is 14.2 Å². The topological polar surface area (TPSA) is 64.9 Å². The maximum absolute atomic E-state index is 5.50. The number of nitrogens with zero attached hydrogens (tertiary/aromatic N) is 4. The van der Waals surface area contributed by atoms with E-state index >= 15 is 0 Å². The Morgan fingerprint density at radius 3 is 2.52 bits per heavy atom. The number of rotatable bonds is 6. The van der Waals surface area contributed by atoms with Crippen molar-refractivity contribution < 1.29 is 4.74 Å². The average Bonchev–Trinajstić information content (AvgIpc) is 3.06. The molecule has 0 amide bonds. The largest absolute Gasteiger partial charge is 0.493 e. The van der Waals surface area contributed by atoms with Crippen molar-refractivity contribution >= 4 is 11.5 Å². The fourth-order valence-corrected chi connectivity index (χ4v) is 3.32. The second-order valence-corrected chi connectivity index (χ2v) is 6.32. The van der Waals surface area contributed by atoms with Crippen LogP contribution in [0.15, 0.2) is 6.20 Å². The highest BCUT2D eigenvalue weighted by Gasteiger charge is 2.28. The quantitative estimate of drug-likeness (QED) is 0.889.